The first-order chi connectivity index (χ1) is 12.5. The van der Waals surface area contributed by atoms with Crippen molar-refractivity contribution < 1.29 is 19.2 Å². The molecule has 1 aliphatic carbocycles. The normalized spacial score (nSPS) is 19.7. The van der Waals surface area contributed by atoms with Crippen LogP contribution >= 0.6 is 0 Å². The number of ether oxygens (including phenoxy) is 1. The standard InChI is InChI=1S/C18H23N3O5/c1-12-4-2-3-9-20(12)17(22)11-26-18(23)13-5-8-15(19-14-6-7-14)16(10-13)21(24)25/h5,8,10,12,14,19H,2-4,6-7,9,11H2,1H3/t12-/m0/s1. The van der Waals surface area contributed by atoms with Crippen molar-refractivity contribution in [1.29, 1.82) is 0 Å². The van der Waals surface area contributed by atoms with Crippen molar-refractivity contribution in [3.8, 4) is 0 Å². The van der Waals surface area contributed by atoms with E-state index < -0.39 is 10.9 Å². The Morgan fingerprint density at radius 1 is 1.31 bits per heavy atom. The number of hydrogen-bond donors (Lipinski definition) is 1. The van der Waals surface area contributed by atoms with Crippen LogP contribution in [0.4, 0.5) is 11.4 Å². The molecule has 140 valence electrons. The van der Waals surface area contributed by atoms with Crippen molar-refractivity contribution >= 4 is 23.3 Å². The third kappa shape index (κ3) is 4.30. The van der Waals surface area contributed by atoms with Crippen LogP contribution in [-0.4, -0.2) is 46.9 Å². The molecule has 2 aliphatic rings. The van der Waals surface area contributed by atoms with Gasteiger partial charge >= 0.3 is 5.97 Å². The Kier molecular flexibility index (Phi) is 5.39. The number of esters is 1. The molecule has 0 aromatic heterocycles. The molecule has 1 amide bonds. The maximum absolute atomic E-state index is 12.2. The number of benzene rings is 1. The molecule has 8 heteroatoms. The summed E-state index contributed by atoms with van der Waals surface area (Å²) in [6.07, 6.45) is 4.96. The molecule has 0 spiro atoms. The number of carbonyl (C=O) groups excluding carboxylic acids is 2. The molecule has 0 radical (unpaired) electrons. The van der Waals surface area contributed by atoms with Gasteiger partial charge in [0.2, 0.25) is 0 Å². The minimum atomic E-state index is -0.732. The molecule has 1 saturated heterocycles. The van der Waals surface area contributed by atoms with Crippen LogP contribution in [0.15, 0.2) is 18.2 Å². The van der Waals surface area contributed by atoms with Crippen molar-refractivity contribution in [2.75, 3.05) is 18.5 Å². The summed E-state index contributed by atoms with van der Waals surface area (Å²) in [6.45, 7) is 2.30. The van der Waals surface area contributed by atoms with Crippen LogP contribution in [0.25, 0.3) is 0 Å². The lowest BCUT2D eigenvalue weighted by molar-refractivity contribution is -0.384. The first kappa shape index (κ1) is 18.2. The maximum Gasteiger partial charge on any atom is 0.338 e. The fourth-order valence-corrected chi connectivity index (χ4v) is 3.14. The van der Waals surface area contributed by atoms with Gasteiger partial charge in [-0.05, 0) is 51.2 Å². The quantitative estimate of drug-likeness (QED) is 0.475. The Labute approximate surface area is 151 Å². The van der Waals surface area contributed by atoms with Gasteiger partial charge in [0.1, 0.15) is 5.69 Å². The SMILES string of the molecule is C[C@H]1CCCCN1C(=O)COC(=O)c1ccc(NC2CC2)c([N+](=O)[O-])c1. The lowest BCUT2D eigenvalue weighted by atomic mass is 10.0. The number of anilines is 1. The molecule has 1 aliphatic heterocycles. The van der Waals surface area contributed by atoms with E-state index in [2.05, 4.69) is 5.32 Å². The van der Waals surface area contributed by atoms with E-state index in [1.165, 1.54) is 18.2 Å². The van der Waals surface area contributed by atoms with Crippen molar-refractivity contribution in [2.24, 2.45) is 0 Å². The van der Waals surface area contributed by atoms with Gasteiger partial charge < -0.3 is 15.0 Å². The zero-order chi connectivity index (χ0) is 18.7. The van der Waals surface area contributed by atoms with E-state index in [9.17, 15) is 19.7 Å². The first-order valence-electron chi connectivity index (χ1n) is 8.97. The van der Waals surface area contributed by atoms with Gasteiger partial charge in [-0.3, -0.25) is 14.9 Å². The third-order valence-corrected chi connectivity index (χ3v) is 4.82. The van der Waals surface area contributed by atoms with Gasteiger partial charge in [0.15, 0.2) is 6.61 Å². The number of amides is 1. The number of piperidine rings is 1. The molecule has 1 heterocycles. The largest absolute Gasteiger partial charge is 0.452 e. The summed E-state index contributed by atoms with van der Waals surface area (Å²) in [5, 5.41) is 14.3. The van der Waals surface area contributed by atoms with Crippen molar-refractivity contribution in [3.05, 3.63) is 33.9 Å². The lowest BCUT2D eigenvalue weighted by Gasteiger charge is -2.33. The number of nitro benzene ring substituents is 1. The monoisotopic (exact) mass is 361 g/mol. The lowest BCUT2D eigenvalue weighted by Crippen LogP contribution is -2.44. The van der Waals surface area contributed by atoms with Crippen LogP contribution in [0.1, 0.15) is 49.4 Å². The zero-order valence-electron chi connectivity index (χ0n) is 14.8. The summed E-state index contributed by atoms with van der Waals surface area (Å²) < 4.78 is 5.09. The number of nitrogens with zero attached hydrogens (tertiary/aromatic N) is 2. The van der Waals surface area contributed by atoms with E-state index in [1.54, 1.807) is 4.90 Å². The summed E-state index contributed by atoms with van der Waals surface area (Å²) in [5.74, 6) is -0.962. The summed E-state index contributed by atoms with van der Waals surface area (Å²) in [6, 6.07) is 4.59. The van der Waals surface area contributed by atoms with Gasteiger partial charge in [-0.25, -0.2) is 4.79 Å². The molecule has 8 nitrogen and oxygen atoms in total. The number of rotatable bonds is 6. The highest BCUT2D eigenvalue weighted by molar-refractivity contribution is 5.93. The predicted molar refractivity (Wildman–Crippen MR) is 95.0 cm³/mol. The second-order valence-corrected chi connectivity index (χ2v) is 6.92. The van der Waals surface area contributed by atoms with Gasteiger partial charge in [-0.15, -0.1) is 0 Å². The highest BCUT2D eigenvalue weighted by Gasteiger charge is 2.27. The molecule has 0 bridgehead atoms. The summed E-state index contributed by atoms with van der Waals surface area (Å²) >= 11 is 0. The van der Waals surface area contributed by atoms with E-state index in [-0.39, 0.29) is 35.8 Å². The Morgan fingerprint density at radius 2 is 2.08 bits per heavy atom. The van der Waals surface area contributed by atoms with Crippen LogP contribution in [0.2, 0.25) is 0 Å². The van der Waals surface area contributed by atoms with E-state index in [4.69, 9.17) is 4.74 Å². The third-order valence-electron chi connectivity index (χ3n) is 4.82. The van der Waals surface area contributed by atoms with Crippen LogP contribution in [0, 0.1) is 10.1 Å². The number of likely N-dealkylation sites (tertiary alicyclic amines) is 1. The summed E-state index contributed by atoms with van der Waals surface area (Å²) in [7, 11) is 0. The van der Waals surface area contributed by atoms with Crippen molar-refractivity contribution in [3.63, 3.8) is 0 Å². The number of nitro groups is 1. The van der Waals surface area contributed by atoms with Gasteiger partial charge in [0.05, 0.1) is 10.5 Å². The summed E-state index contributed by atoms with van der Waals surface area (Å²) in [5.41, 5.74) is 0.298. The molecule has 2 fully saturated rings. The van der Waals surface area contributed by atoms with Gasteiger partial charge in [-0.2, -0.15) is 0 Å². The second kappa shape index (κ2) is 7.72. The van der Waals surface area contributed by atoms with E-state index >= 15 is 0 Å². The van der Waals surface area contributed by atoms with Crippen LogP contribution in [0.3, 0.4) is 0 Å². The molecule has 1 aromatic carbocycles. The van der Waals surface area contributed by atoms with E-state index in [0.29, 0.717) is 12.2 Å². The maximum atomic E-state index is 12.2. The highest BCUT2D eigenvalue weighted by Crippen LogP contribution is 2.31. The van der Waals surface area contributed by atoms with Crippen LogP contribution < -0.4 is 5.32 Å². The predicted octanol–water partition coefficient (Wildman–Crippen LogP) is 2.73. The van der Waals surface area contributed by atoms with E-state index in [1.807, 2.05) is 6.92 Å². The second-order valence-electron chi connectivity index (χ2n) is 6.92. The average Bonchev–Trinajstić information content (AvgIpc) is 3.44. The average molecular weight is 361 g/mol. The molecule has 1 aromatic rings. The van der Waals surface area contributed by atoms with Gasteiger partial charge in [-0.1, -0.05) is 0 Å². The van der Waals surface area contributed by atoms with Crippen LogP contribution in [0.5, 0.6) is 0 Å². The molecule has 1 saturated carbocycles. The highest BCUT2D eigenvalue weighted by atomic mass is 16.6. The van der Waals surface area contributed by atoms with Gasteiger partial charge in [0, 0.05) is 24.7 Å². The fourth-order valence-electron chi connectivity index (χ4n) is 3.14. The Hall–Kier alpha value is -2.64. The van der Waals surface area contributed by atoms with Crippen molar-refractivity contribution in [1.82, 2.24) is 4.90 Å². The van der Waals surface area contributed by atoms with E-state index in [0.717, 1.165) is 32.1 Å². The molecule has 26 heavy (non-hydrogen) atoms. The Bertz CT molecular complexity index is 717. The Morgan fingerprint density at radius 3 is 2.73 bits per heavy atom. The number of hydrogen-bond acceptors (Lipinski definition) is 6. The minimum absolute atomic E-state index is 0.0672. The summed E-state index contributed by atoms with van der Waals surface area (Å²) in [4.78, 5) is 36.9. The molecule has 0 unspecified atom stereocenters. The number of carbonyl (C=O) groups is 2. The molecular weight excluding hydrogens is 338 g/mol. The smallest absolute Gasteiger partial charge is 0.338 e. The topological polar surface area (TPSA) is 102 Å². The Balaban J connectivity index is 1.62. The molecule has 3 rings (SSSR count). The van der Waals surface area contributed by atoms with Crippen LogP contribution in [-0.2, 0) is 9.53 Å². The number of nitrogens with one attached hydrogen (secondary N) is 1. The van der Waals surface area contributed by atoms with Crippen molar-refractivity contribution in [2.45, 2.75) is 51.1 Å². The first-order valence-corrected chi connectivity index (χ1v) is 8.97. The molecular formula is C18H23N3O5. The van der Waals surface area contributed by atoms with Gasteiger partial charge in [0.25, 0.3) is 11.6 Å². The minimum Gasteiger partial charge on any atom is -0.452 e. The molecule has 1 atom stereocenters. The molecule has 1 N–H and O–H groups in total. The zero-order valence-corrected chi connectivity index (χ0v) is 14.8. The fraction of sp³-hybridized carbons (Fsp3) is 0.556.